The summed E-state index contributed by atoms with van der Waals surface area (Å²) in [7, 11) is 0. The Balaban J connectivity index is 1.62. The second kappa shape index (κ2) is 8.59. The van der Waals surface area contributed by atoms with Crippen LogP contribution >= 0.6 is 15.9 Å². The van der Waals surface area contributed by atoms with E-state index in [1.54, 1.807) is 12.1 Å². The number of hydrazine groups is 1. The Morgan fingerprint density at radius 2 is 2.00 bits per heavy atom. The van der Waals surface area contributed by atoms with E-state index >= 15 is 0 Å². The highest BCUT2D eigenvalue weighted by molar-refractivity contribution is 9.09. The van der Waals surface area contributed by atoms with E-state index in [1.807, 2.05) is 0 Å². The SMILES string of the molecule is O=C(CCNC(=O)c1ccncc1)NNC(=O)C1CC(Br)CN1. The van der Waals surface area contributed by atoms with Crippen LogP contribution in [0.2, 0.25) is 0 Å². The number of nitrogens with one attached hydrogen (secondary N) is 4. The van der Waals surface area contributed by atoms with E-state index < -0.39 is 0 Å². The molecule has 1 aliphatic heterocycles. The number of aromatic nitrogens is 1. The van der Waals surface area contributed by atoms with Gasteiger partial charge in [-0.15, -0.1) is 0 Å². The van der Waals surface area contributed by atoms with Crippen LogP contribution in [-0.4, -0.2) is 46.7 Å². The van der Waals surface area contributed by atoms with Gasteiger partial charge in [0.15, 0.2) is 0 Å². The Bertz CT molecular complexity index is 569. The Kier molecular flexibility index (Phi) is 6.48. The van der Waals surface area contributed by atoms with E-state index in [1.165, 1.54) is 12.4 Å². The van der Waals surface area contributed by atoms with Crippen molar-refractivity contribution in [1.29, 1.82) is 0 Å². The normalized spacial score (nSPS) is 19.9. The standard InChI is InChI=1S/C14H18BrN5O3/c15-10-7-11(18-8-10)14(23)20-19-12(21)3-6-17-13(22)9-1-4-16-5-2-9/h1-2,4-5,10-11,18H,3,6-8H2,(H,17,22)(H,19,21)(H,20,23). The predicted molar refractivity (Wildman–Crippen MR) is 86.6 cm³/mol. The highest BCUT2D eigenvalue weighted by Crippen LogP contribution is 2.13. The van der Waals surface area contributed by atoms with Gasteiger partial charge in [-0.05, 0) is 18.6 Å². The number of halogens is 1. The van der Waals surface area contributed by atoms with Gasteiger partial charge in [-0.3, -0.25) is 30.2 Å². The molecule has 0 bridgehead atoms. The minimum Gasteiger partial charge on any atom is -0.352 e. The topological polar surface area (TPSA) is 112 Å². The highest BCUT2D eigenvalue weighted by atomic mass is 79.9. The maximum absolute atomic E-state index is 11.8. The summed E-state index contributed by atoms with van der Waals surface area (Å²) in [4.78, 5) is 39.2. The number of hydrogen-bond donors (Lipinski definition) is 4. The zero-order valence-corrected chi connectivity index (χ0v) is 13.9. The third-order valence-corrected chi connectivity index (χ3v) is 4.00. The van der Waals surface area contributed by atoms with Crippen molar-refractivity contribution >= 4 is 33.7 Å². The van der Waals surface area contributed by atoms with E-state index in [9.17, 15) is 14.4 Å². The fourth-order valence-electron chi connectivity index (χ4n) is 2.07. The molecule has 1 aromatic heterocycles. The summed E-state index contributed by atoms with van der Waals surface area (Å²) in [5.41, 5.74) is 5.18. The third-order valence-electron chi connectivity index (χ3n) is 3.30. The van der Waals surface area contributed by atoms with Gasteiger partial charge in [0.05, 0.1) is 6.04 Å². The maximum Gasteiger partial charge on any atom is 0.255 e. The average Bonchev–Trinajstić information content (AvgIpc) is 3.00. The minimum atomic E-state index is -0.373. The van der Waals surface area contributed by atoms with Crippen LogP contribution in [0, 0.1) is 0 Å². The van der Waals surface area contributed by atoms with Gasteiger partial charge in [-0.2, -0.15) is 0 Å². The van der Waals surface area contributed by atoms with Crippen molar-refractivity contribution in [2.24, 2.45) is 0 Å². The van der Waals surface area contributed by atoms with Crippen molar-refractivity contribution in [1.82, 2.24) is 26.5 Å². The molecule has 124 valence electrons. The average molecular weight is 384 g/mol. The second-order valence-corrected chi connectivity index (χ2v) is 6.37. The predicted octanol–water partition coefficient (Wildman–Crippen LogP) is -0.526. The van der Waals surface area contributed by atoms with Crippen LogP contribution in [0.5, 0.6) is 0 Å². The van der Waals surface area contributed by atoms with Gasteiger partial charge in [0.25, 0.3) is 11.8 Å². The quantitative estimate of drug-likeness (QED) is 0.403. The van der Waals surface area contributed by atoms with E-state index in [0.717, 1.165) is 0 Å². The van der Waals surface area contributed by atoms with Gasteiger partial charge in [0, 0.05) is 42.3 Å². The molecular weight excluding hydrogens is 366 g/mol. The van der Waals surface area contributed by atoms with Crippen molar-refractivity contribution in [3.8, 4) is 0 Å². The minimum absolute atomic E-state index is 0.0657. The van der Waals surface area contributed by atoms with Crippen molar-refractivity contribution in [3.63, 3.8) is 0 Å². The molecule has 2 rings (SSSR count). The molecule has 2 heterocycles. The van der Waals surface area contributed by atoms with Crippen molar-refractivity contribution in [3.05, 3.63) is 30.1 Å². The number of carbonyl (C=O) groups excluding carboxylic acids is 3. The fourth-order valence-corrected chi connectivity index (χ4v) is 2.63. The smallest absolute Gasteiger partial charge is 0.255 e. The molecule has 23 heavy (non-hydrogen) atoms. The maximum atomic E-state index is 11.8. The van der Waals surface area contributed by atoms with Crippen LogP contribution in [0.1, 0.15) is 23.2 Å². The van der Waals surface area contributed by atoms with Gasteiger partial charge in [0.1, 0.15) is 0 Å². The van der Waals surface area contributed by atoms with Gasteiger partial charge < -0.3 is 10.6 Å². The number of alkyl halides is 1. The summed E-state index contributed by atoms with van der Waals surface area (Å²) in [6, 6.07) is 2.86. The highest BCUT2D eigenvalue weighted by Gasteiger charge is 2.27. The monoisotopic (exact) mass is 383 g/mol. The second-order valence-electron chi connectivity index (χ2n) is 5.07. The lowest BCUT2D eigenvalue weighted by Crippen LogP contribution is -2.49. The van der Waals surface area contributed by atoms with Crippen LogP contribution in [-0.2, 0) is 9.59 Å². The lowest BCUT2D eigenvalue weighted by atomic mass is 10.2. The summed E-state index contributed by atoms with van der Waals surface area (Å²) in [5.74, 6) is -0.925. The molecule has 3 amide bonds. The summed E-state index contributed by atoms with van der Waals surface area (Å²) in [6.07, 6.45) is 3.78. The molecule has 1 saturated heterocycles. The Morgan fingerprint density at radius 3 is 2.65 bits per heavy atom. The fraction of sp³-hybridized carbons (Fsp3) is 0.429. The van der Waals surface area contributed by atoms with Crippen LogP contribution in [0.15, 0.2) is 24.5 Å². The summed E-state index contributed by atoms with van der Waals surface area (Å²) in [5, 5.41) is 5.65. The number of carbonyl (C=O) groups is 3. The van der Waals surface area contributed by atoms with Crippen molar-refractivity contribution in [2.75, 3.05) is 13.1 Å². The Hall–Kier alpha value is -2.00. The largest absolute Gasteiger partial charge is 0.352 e. The van der Waals surface area contributed by atoms with E-state index in [2.05, 4.69) is 42.4 Å². The lowest BCUT2D eigenvalue weighted by Gasteiger charge is -2.12. The molecule has 8 nitrogen and oxygen atoms in total. The van der Waals surface area contributed by atoms with Gasteiger partial charge >= 0.3 is 0 Å². The van der Waals surface area contributed by atoms with Crippen LogP contribution < -0.4 is 21.5 Å². The van der Waals surface area contributed by atoms with E-state index in [-0.39, 0.29) is 41.6 Å². The van der Waals surface area contributed by atoms with E-state index in [4.69, 9.17) is 0 Å². The van der Waals surface area contributed by atoms with Crippen LogP contribution in [0.4, 0.5) is 0 Å². The molecule has 2 atom stereocenters. The summed E-state index contributed by atoms with van der Waals surface area (Å²) >= 11 is 3.42. The molecular formula is C14H18BrN5O3. The first-order valence-electron chi connectivity index (χ1n) is 7.20. The molecule has 0 spiro atoms. The molecule has 1 aliphatic rings. The Labute approximate surface area is 141 Å². The third kappa shape index (κ3) is 5.61. The number of pyridine rings is 1. The first-order valence-corrected chi connectivity index (χ1v) is 8.12. The summed E-state index contributed by atoms with van der Waals surface area (Å²) < 4.78 is 0. The van der Waals surface area contributed by atoms with Crippen molar-refractivity contribution < 1.29 is 14.4 Å². The summed E-state index contributed by atoms with van der Waals surface area (Å²) in [6.45, 7) is 0.890. The number of nitrogens with zero attached hydrogens (tertiary/aromatic N) is 1. The molecule has 9 heteroatoms. The molecule has 0 aromatic carbocycles. The first-order chi connectivity index (χ1) is 11.1. The van der Waals surface area contributed by atoms with Gasteiger partial charge in [-0.25, -0.2) is 0 Å². The van der Waals surface area contributed by atoms with Crippen LogP contribution in [0.25, 0.3) is 0 Å². The van der Waals surface area contributed by atoms with Crippen molar-refractivity contribution in [2.45, 2.75) is 23.7 Å². The molecule has 0 saturated carbocycles. The number of amides is 3. The Morgan fingerprint density at radius 1 is 1.26 bits per heavy atom. The lowest BCUT2D eigenvalue weighted by molar-refractivity contribution is -0.129. The van der Waals surface area contributed by atoms with Gasteiger partial charge in [-0.1, -0.05) is 15.9 Å². The molecule has 0 radical (unpaired) electrons. The molecule has 2 unspecified atom stereocenters. The zero-order chi connectivity index (χ0) is 16.7. The molecule has 4 N–H and O–H groups in total. The zero-order valence-electron chi connectivity index (χ0n) is 12.3. The number of rotatable bonds is 5. The van der Waals surface area contributed by atoms with Crippen LogP contribution in [0.3, 0.4) is 0 Å². The molecule has 0 aliphatic carbocycles. The first kappa shape index (κ1) is 17.4. The van der Waals surface area contributed by atoms with E-state index in [0.29, 0.717) is 18.5 Å². The molecule has 1 fully saturated rings. The number of hydrogen-bond acceptors (Lipinski definition) is 5. The molecule has 1 aromatic rings. The van der Waals surface area contributed by atoms with Gasteiger partial charge in [0.2, 0.25) is 5.91 Å².